The lowest BCUT2D eigenvalue weighted by Gasteiger charge is -2.22. The second kappa shape index (κ2) is 4.94. The molecule has 98 valence electrons. The number of rotatable bonds is 2. The van der Waals surface area contributed by atoms with E-state index in [1.165, 1.54) is 6.07 Å². The number of fused-ring (bicyclic) bond motifs is 1. The topological polar surface area (TPSA) is 23.5 Å². The molecule has 0 radical (unpaired) electrons. The van der Waals surface area contributed by atoms with Gasteiger partial charge in [-0.3, -0.25) is 0 Å². The van der Waals surface area contributed by atoms with E-state index >= 15 is 0 Å². The summed E-state index contributed by atoms with van der Waals surface area (Å²) in [6, 6.07) is 10.6. The number of aliphatic hydroxyl groups is 1. The van der Waals surface area contributed by atoms with E-state index in [0.717, 1.165) is 39.9 Å². The molecule has 0 spiro atoms. The van der Waals surface area contributed by atoms with E-state index in [9.17, 15) is 9.50 Å². The van der Waals surface area contributed by atoms with E-state index in [0.29, 0.717) is 0 Å². The van der Waals surface area contributed by atoms with Crippen LogP contribution in [0, 0.1) is 5.82 Å². The average Bonchev–Trinajstić information content (AvgIpc) is 2.81. The minimum atomic E-state index is -0.230. The van der Waals surface area contributed by atoms with Crippen LogP contribution in [-0.2, 0) is 13.0 Å². The maximum atomic E-state index is 13.4. The highest BCUT2D eigenvalue weighted by molar-refractivity contribution is 9.10. The minimum Gasteiger partial charge on any atom is -0.392 e. The number of nitrogens with zero attached hydrogens (tertiary/aromatic N) is 1. The molecule has 1 aliphatic rings. The maximum absolute atomic E-state index is 13.4. The van der Waals surface area contributed by atoms with Crippen molar-refractivity contribution in [1.82, 2.24) is 0 Å². The molecule has 0 atom stereocenters. The van der Waals surface area contributed by atoms with Gasteiger partial charge in [0.15, 0.2) is 0 Å². The van der Waals surface area contributed by atoms with Crippen LogP contribution >= 0.6 is 15.9 Å². The van der Waals surface area contributed by atoms with Crippen LogP contribution in [0.15, 0.2) is 40.9 Å². The molecule has 0 fully saturated rings. The minimum absolute atomic E-state index is 0.0240. The van der Waals surface area contributed by atoms with Crippen molar-refractivity contribution in [3.8, 4) is 0 Å². The van der Waals surface area contributed by atoms with Crippen LogP contribution in [0.5, 0.6) is 0 Å². The van der Waals surface area contributed by atoms with Gasteiger partial charge in [0.1, 0.15) is 5.82 Å². The van der Waals surface area contributed by atoms with Gasteiger partial charge in [-0.1, -0.05) is 28.1 Å². The van der Waals surface area contributed by atoms with Crippen molar-refractivity contribution in [2.75, 3.05) is 11.4 Å². The third kappa shape index (κ3) is 2.26. The van der Waals surface area contributed by atoms with E-state index in [2.05, 4.69) is 20.8 Å². The number of aliphatic hydroxyl groups excluding tert-OH is 1. The molecule has 2 nitrogen and oxygen atoms in total. The molecule has 0 amide bonds. The SMILES string of the molecule is OCc1ccc(Br)cc1N1CCc2ccc(F)cc21. The molecule has 1 heterocycles. The van der Waals surface area contributed by atoms with Gasteiger partial charge in [0.25, 0.3) is 0 Å². The molecule has 2 aromatic carbocycles. The highest BCUT2D eigenvalue weighted by Crippen LogP contribution is 2.37. The fourth-order valence-corrected chi connectivity index (χ4v) is 2.87. The van der Waals surface area contributed by atoms with Gasteiger partial charge in [-0.2, -0.15) is 0 Å². The summed E-state index contributed by atoms with van der Waals surface area (Å²) >= 11 is 3.44. The molecule has 0 saturated carbocycles. The van der Waals surface area contributed by atoms with Crippen molar-refractivity contribution >= 4 is 27.3 Å². The number of benzene rings is 2. The van der Waals surface area contributed by atoms with Gasteiger partial charge in [-0.25, -0.2) is 4.39 Å². The van der Waals surface area contributed by atoms with E-state index in [1.54, 1.807) is 6.07 Å². The van der Waals surface area contributed by atoms with Gasteiger partial charge in [-0.15, -0.1) is 0 Å². The summed E-state index contributed by atoms with van der Waals surface area (Å²) in [7, 11) is 0. The summed E-state index contributed by atoms with van der Waals surface area (Å²) in [5, 5.41) is 9.46. The summed E-state index contributed by atoms with van der Waals surface area (Å²) in [6.07, 6.45) is 0.896. The number of anilines is 2. The van der Waals surface area contributed by atoms with Gasteiger partial charge >= 0.3 is 0 Å². The van der Waals surface area contributed by atoms with Gasteiger partial charge in [0.05, 0.1) is 6.61 Å². The zero-order valence-electron chi connectivity index (χ0n) is 10.2. The Kier molecular flexibility index (Phi) is 3.29. The van der Waals surface area contributed by atoms with Gasteiger partial charge in [-0.05, 0) is 36.2 Å². The number of hydrogen-bond donors (Lipinski definition) is 1. The van der Waals surface area contributed by atoms with Crippen molar-refractivity contribution in [3.05, 3.63) is 57.8 Å². The Bertz CT molecular complexity index is 630. The predicted molar refractivity (Wildman–Crippen MR) is 77.2 cm³/mol. The predicted octanol–water partition coefficient (Wildman–Crippen LogP) is 3.77. The lowest BCUT2D eigenvalue weighted by Crippen LogP contribution is -2.15. The van der Waals surface area contributed by atoms with E-state index in [-0.39, 0.29) is 12.4 Å². The molecule has 2 aromatic rings. The molecule has 1 aliphatic heterocycles. The van der Waals surface area contributed by atoms with Crippen LogP contribution in [0.25, 0.3) is 0 Å². The smallest absolute Gasteiger partial charge is 0.125 e. The number of hydrogen-bond acceptors (Lipinski definition) is 2. The van der Waals surface area contributed by atoms with Crippen molar-refractivity contribution in [2.45, 2.75) is 13.0 Å². The largest absolute Gasteiger partial charge is 0.392 e. The maximum Gasteiger partial charge on any atom is 0.125 e. The first-order valence-electron chi connectivity index (χ1n) is 6.14. The van der Waals surface area contributed by atoms with E-state index in [4.69, 9.17) is 0 Å². The molecule has 3 rings (SSSR count). The molecule has 19 heavy (non-hydrogen) atoms. The molecule has 0 saturated heterocycles. The summed E-state index contributed by atoms with van der Waals surface area (Å²) < 4.78 is 14.4. The lowest BCUT2D eigenvalue weighted by atomic mass is 10.1. The van der Waals surface area contributed by atoms with Crippen molar-refractivity contribution in [1.29, 1.82) is 0 Å². The van der Waals surface area contributed by atoms with Crippen LogP contribution in [0.4, 0.5) is 15.8 Å². The third-order valence-electron chi connectivity index (χ3n) is 3.45. The van der Waals surface area contributed by atoms with Crippen LogP contribution in [0.3, 0.4) is 0 Å². The first-order chi connectivity index (χ1) is 9.19. The van der Waals surface area contributed by atoms with Crippen LogP contribution in [-0.4, -0.2) is 11.7 Å². The summed E-state index contributed by atoms with van der Waals surface area (Å²) in [5.74, 6) is -0.230. The molecule has 0 bridgehead atoms. The standard InChI is InChI=1S/C15H13BrFNO/c16-12-3-1-11(9-19)14(7-12)18-6-5-10-2-4-13(17)8-15(10)18/h1-4,7-8,19H,5-6,9H2. The molecular weight excluding hydrogens is 309 g/mol. The third-order valence-corrected chi connectivity index (χ3v) is 3.94. The molecular formula is C15H13BrFNO. The summed E-state index contributed by atoms with van der Waals surface area (Å²) in [4.78, 5) is 2.06. The van der Waals surface area contributed by atoms with Crippen LogP contribution in [0.2, 0.25) is 0 Å². The average molecular weight is 322 g/mol. The monoisotopic (exact) mass is 321 g/mol. The Morgan fingerprint density at radius 2 is 2.00 bits per heavy atom. The normalized spacial score (nSPS) is 13.7. The Hall–Kier alpha value is -1.39. The zero-order chi connectivity index (χ0) is 13.4. The molecule has 1 N–H and O–H groups in total. The molecule has 0 aliphatic carbocycles. The highest BCUT2D eigenvalue weighted by Gasteiger charge is 2.22. The van der Waals surface area contributed by atoms with Crippen molar-refractivity contribution < 1.29 is 9.50 Å². The Morgan fingerprint density at radius 3 is 2.79 bits per heavy atom. The fraction of sp³-hybridized carbons (Fsp3) is 0.200. The van der Waals surface area contributed by atoms with Crippen LogP contribution in [0.1, 0.15) is 11.1 Å². The second-order valence-electron chi connectivity index (χ2n) is 4.61. The second-order valence-corrected chi connectivity index (χ2v) is 5.52. The first kappa shape index (κ1) is 12.6. The zero-order valence-corrected chi connectivity index (χ0v) is 11.8. The van der Waals surface area contributed by atoms with Gasteiger partial charge in [0, 0.05) is 28.0 Å². The van der Waals surface area contributed by atoms with Crippen molar-refractivity contribution in [3.63, 3.8) is 0 Å². The lowest BCUT2D eigenvalue weighted by molar-refractivity contribution is 0.282. The summed E-state index contributed by atoms with van der Waals surface area (Å²) in [5.41, 5.74) is 3.82. The Labute approximate surface area is 119 Å². The molecule has 0 aromatic heterocycles. The van der Waals surface area contributed by atoms with E-state index in [1.807, 2.05) is 24.3 Å². The van der Waals surface area contributed by atoms with Crippen LogP contribution < -0.4 is 4.90 Å². The molecule has 0 unspecified atom stereocenters. The Balaban J connectivity index is 2.10. The fourth-order valence-electron chi connectivity index (χ4n) is 2.52. The summed E-state index contributed by atoms with van der Waals surface area (Å²) in [6.45, 7) is 0.784. The number of halogens is 2. The quantitative estimate of drug-likeness (QED) is 0.910. The van der Waals surface area contributed by atoms with Gasteiger partial charge < -0.3 is 10.0 Å². The van der Waals surface area contributed by atoms with Gasteiger partial charge in [0.2, 0.25) is 0 Å². The Morgan fingerprint density at radius 1 is 1.16 bits per heavy atom. The molecule has 4 heteroatoms. The van der Waals surface area contributed by atoms with Crippen molar-refractivity contribution in [2.24, 2.45) is 0 Å². The first-order valence-corrected chi connectivity index (χ1v) is 6.93. The highest BCUT2D eigenvalue weighted by atomic mass is 79.9. The van der Waals surface area contributed by atoms with E-state index < -0.39 is 0 Å².